The summed E-state index contributed by atoms with van der Waals surface area (Å²) in [5.41, 5.74) is 6.88. The highest BCUT2D eigenvalue weighted by Gasteiger charge is 2.41. The molecule has 2 heterocycles. The molecule has 1 aliphatic rings. The summed E-state index contributed by atoms with van der Waals surface area (Å²) in [4.78, 5) is 30.6. The normalized spacial score (nSPS) is 18.5. The summed E-state index contributed by atoms with van der Waals surface area (Å²) in [5.74, 6) is 0.133. The van der Waals surface area contributed by atoms with E-state index in [9.17, 15) is 9.59 Å². The molecule has 0 saturated heterocycles. The van der Waals surface area contributed by atoms with Crippen LogP contribution in [-0.4, -0.2) is 35.4 Å². The van der Waals surface area contributed by atoms with Crippen LogP contribution < -0.4 is 16.0 Å². The van der Waals surface area contributed by atoms with Gasteiger partial charge < -0.3 is 11.1 Å². The molecule has 0 fully saturated rings. The van der Waals surface area contributed by atoms with E-state index in [0.717, 1.165) is 5.56 Å². The van der Waals surface area contributed by atoms with Crippen LogP contribution in [0, 0.1) is 5.92 Å². The lowest BCUT2D eigenvalue weighted by atomic mass is 10.0. The van der Waals surface area contributed by atoms with Crippen molar-refractivity contribution in [3.8, 4) is 0 Å². The fourth-order valence-electron chi connectivity index (χ4n) is 2.46. The highest BCUT2D eigenvalue weighted by atomic mass is 16.2. The summed E-state index contributed by atoms with van der Waals surface area (Å²) in [6.07, 6.45) is 2.10. The number of nitrogens with two attached hydrogens (primary N) is 1. The van der Waals surface area contributed by atoms with Gasteiger partial charge in [0.05, 0.1) is 6.04 Å². The fraction of sp³-hybridized carbons (Fsp3) is 0.533. The lowest BCUT2D eigenvalue weighted by Gasteiger charge is -2.27. The molecule has 6 nitrogen and oxygen atoms in total. The number of pyridine rings is 1. The van der Waals surface area contributed by atoms with Crippen LogP contribution in [0.3, 0.4) is 0 Å². The smallest absolute Gasteiger partial charge is 0.246 e. The zero-order valence-corrected chi connectivity index (χ0v) is 12.7. The van der Waals surface area contributed by atoms with Gasteiger partial charge in [-0.15, -0.1) is 0 Å². The molecular formula is C15H22N4O2. The molecule has 0 aromatic carbocycles. The van der Waals surface area contributed by atoms with Gasteiger partial charge >= 0.3 is 0 Å². The van der Waals surface area contributed by atoms with Crippen molar-refractivity contribution in [2.24, 2.45) is 11.7 Å². The Bertz CT molecular complexity index is 544. The number of likely N-dealkylation sites (N-methyl/N-ethyl adjacent to an activating group) is 1. The minimum absolute atomic E-state index is 0.000138. The van der Waals surface area contributed by atoms with Crippen molar-refractivity contribution in [1.82, 2.24) is 10.3 Å². The van der Waals surface area contributed by atoms with Crippen molar-refractivity contribution in [1.29, 1.82) is 0 Å². The number of nitrogens with one attached hydrogen (secondary N) is 1. The summed E-state index contributed by atoms with van der Waals surface area (Å²) in [6.45, 7) is 6.15. The third-order valence-corrected chi connectivity index (χ3v) is 3.72. The average molecular weight is 290 g/mol. The summed E-state index contributed by atoms with van der Waals surface area (Å²) < 4.78 is 0. The first-order valence-corrected chi connectivity index (χ1v) is 7.27. The first-order chi connectivity index (χ1) is 9.97. The van der Waals surface area contributed by atoms with Gasteiger partial charge in [-0.3, -0.25) is 14.5 Å². The first-order valence-electron chi connectivity index (χ1n) is 7.27. The molecule has 1 aromatic heterocycles. The van der Waals surface area contributed by atoms with E-state index in [1.807, 2.05) is 32.9 Å². The van der Waals surface area contributed by atoms with E-state index in [-0.39, 0.29) is 17.7 Å². The molecule has 2 rings (SSSR count). The maximum atomic E-state index is 12.6. The van der Waals surface area contributed by atoms with Gasteiger partial charge in [0.2, 0.25) is 11.8 Å². The van der Waals surface area contributed by atoms with Gasteiger partial charge in [0.25, 0.3) is 0 Å². The molecule has 0 radical (unpaired) electrons. The number of hydrogen-bond donors (Lipinski definition) is 2. The molecule has 3 N–H and O–H groups in total. The van der Waals surface area contributed by atoms with Crippen LogP contribution in [-0.2, 0) is 16.0 Å². The molecule has 1 unspecified atom stereocenters. The number of amides is 2. The van der Waals surface area contributed by atoms with Gasteiger partial charge in [-0.25, -0.2) is 4.98 Å². The lowest BCUT2D eigenvalue weighted by Crippen LogP contribution is -2.54. The Labute approximate surface area is 124 Å². The van der Waals surface area contributed by atoms with Crippen LogP contribution in [0.2, 0.25) is 0 Å². The summed E-state index contributed by atoms with van der Waals surface area (Å²) in [5, 5.41) is 2.77. The maximum absolute atomic E-state index is 12.6. The molecule has 21 heavy (non-hydrogen) atoms. The van der Waals surface area contributed by atoms with Crippen molar-refractivity contribution in [2.45, 2.75) is 39.3 Å². The van der Waals surface area contributed by atoms with E-state index in [1.165, 1.54) is 4.90 Å². The highest BCUT2D eigenvalue weighted by Crippen LogP contribution is 2.30. The minimum Gasteiger partial charge on any atom is -0.355 e. The zero-order valence-electron chi connectivity index (χ0n) is 12.7. The minimum atomic E-state index is -0.644. The van der Waals surface area contributed by atoms with E-state index < -0.39 is 12.1 Å². The molecular weight excluding hydrogens is 268 g/mol. The van der Waals surface area contributed by atoms with Crippen LogP contribution in [0.15, 0.2) is 18.3 Å². The van der Waals surface area contributed by atoms with Crippen molar-refractivity contribution < 1.29 is 9.59 Å². The predicted octanol–water partition coefficient (Wildman–Crippen LogP) is 0.459. The van der Waals surface area contributed by atoms with E-state index in [1.54, 1.807) is 6.20 Å². The topological polar surface area (TPSA) is 88.3 Å². The molecule has 0 saturated carbocycles. The van der Waals surface area contributed by atoms with Crippen LogP contribution in [0.1, 0.15) is 26.3 Å². The van der Waals surface area contributed by atoms with Gasteiger partial charge in [0.1, 0.15) is 11.9 Å². The number of carbonyl (C=O) groups excluding carboxylic acids is 2. The second-order valence-corrected chi connectivity index (χ2v) is 5.58. The Morgan fingerprint density at radius 1 is 1.52 bits per heavy atom. The molecule has 6 heteroatoms. The largest absolute Gasteiger partial charge is 0.355 e. The van der Waals surface area contributed by atoms with Gasteiger partial charge in [-0.2, -0.15) is 0 Å². The summed E-state index contributed by atoms with van der Waals surface area (Å²) in [6, 6.07) is 2.49. The van der Waals surface area contributed by atoms with Crippen LogP contribution in [0.5, 0.6) is 0 Å². The average Bonchev–Trinajstić information content (AvgIpc) is 2.85. The number of aromatic nitrogens is 1. The Balaban J connectivity index is 2.36. The van der Waals surface area contributed by atoms with Crippen LogP contribution >= 0.6 is 0 Å². The van der Waals surface area contributed by atoms with Gasteiger partial charge in [0, 0.05) is 19.2 Å². The zero-order chi connectivity index (χ0) is 15.6. The van der Waals surface area contributed by atoms with Crippen LogP contribution in [0.4, 0.5) is 5.82 Å². The maximum Gasteiger partial charge on any atom is 0.246 e. The number of hydrogen-bond acceptors (Lipinski definition) is 4. The lowest BCUT2D eigenvalue weighted by molar-refractivity contribution is -0.127. The van der Waals surface area contributed by atoms with E-state index in [4.69, 9.17) is 5.73 Å². The third-order valence-electron chi connectivity index (χ3n) is 3.72. The number of fused-ring (bicyclic) bond motifs is 1. The molecule has 1 aliphatic heterocycles. The van der Waals surface area contributed by atoms with E-state index in [2.05, 4.69) is 10.3 Å². The van der Waals surface area contributed by atoms with E-state index in [0.29, 0.717) is 18.8 Å². The molecule has 0 bridgehead atoms. The number of carbonyl (C=O) groups is 2. The van der Waals surface area contributed by atoms with Gasteiger partial charge in [0.15, 0.2) is 0 Å². The number of nitrogens with zero attached hydrogens (tertiary/aromatic N) is 2. The number of rotatable bonds is 4. The molecule has 2 amide bonds. The quantitative estimate of drug-likeness (QED) is 0.843. The van der Waals surface area contributed by atoms with Gasteiger partial charge in [-0.1, -0.05) is 19.9 Å². The third kappa shape index (κ3) is 2.90. The van der Waals surface area contributed by atoms with E-state index >= 15 is 0 Å². The molecule has 0 aliphatic carbocycles. The Morgan fingerprint density at radius 3 is 2.86 bits per heavy atom. The molecule has 2 atom stereocenters. The molecule has 114 valence electrons. The standard InChI is InChI=1S/C15H22N4O2/c1-4-17-14(20)11-8-10-6-5-7-18-13(10)19(11)15(21)12(16)9(2)3/h5-7,9,11-12H,4,8,16H2,1-3H3,(H,17,20)/t11?,12-/m0/s1. The second-order valence-electron chi connectivity index (χ2n) is 5.58. The van der Waals surface area contributed by atoms with Gasteiger partial charge in [-0.05, 0) is 24.5 Å². The summed E-state index contributed by atoms with van der Waals surface area (Å²) in [7, 11) is 0. The van der Waals surface area contributed by atoms with Crippen molar-refractivity contribution in [3.05, 3.63) is 23.9 Å². The Hall–Kier alpha value is -1.95. The highest BCUT2D eigenvalue weighted by molar-refractivity contribution is 6.04. The number of anilines is 1. The van der Waals surface area contributed by atoms with Crippen molar-refractivity contribution in [3.63, 3.8) is 0 Å². The monoisotopic (exact) mass is 290 g/mol. The Morgan fingerprint density at radius 2 is 2.24 bits per heavy atom. The summed E-state index contributed by atoms with van der Waals surface area (Å²) >= 11 is 0. The predicted molar refractivity (Wildman–Crippen MR) is 80.7 cm³/mol. The Kier molecular flexibility index (Phi) is 4.57. The van der Waals surface area contributed by atoms with Crippen molar-refractivity contribution in [2.75, 3.05) is 11.4 Å². The second kappa shape index (κ2) is 6.22. The fourth-order valence-corrected chi connectivity index (χ4v) is 2.46. The van der Waals surface area contributed by atoms with Crippen LogP contribution in [0.25, 0.3) is 0 Å². The molecule has 1 aromatic rings. The SMILES string of the molecule is CCNC(=O)C1Cc2cccnc2N1C(=O)[C@@H](N)C(C)C. The first kappa shape index (κ1) is 15.4. The molecule has 0 spiro atoms. The van der Waals surface area contributed by atoms with Crippen molar-refractivity contribution >= 4 is 17.6 Å².